The van der Waals surface area contributed by atoms with Crippen molar-refractivity contribution in [1.82, 2.24) is 4.31 Å². The van der Waals surface area contributed by atoms with E-state index in [0.29, 0.717) is 5.75 Å². The van der Waals surface area contributed by atoms with Gasteiger partial charge in [0.25, 0.3) is 0 Å². The third-order valence-electron chi connectivity index (χ3n) is 2.86. The molecule has 1 atom stereocenters. The van der Waals surface area contributed by atoms with Crippen LogP contribution in [0.4, 0.5) is 4.39 Å². The molecule has 0 fully saturated rings. The van der Waals surface area contributed by atoms with E-state index in [1.54, 1.807) is 6.92 Å². The fourth-order valence-corrected chi connectivity index (χ4v) is 3.82. The number of rotatable bonds is 6. The summed E-state index contributed by atoms with van der Waals surface area (Å²) in [6.07, 6.45) is 1.84. The number of nitrogens with zero attached hydrogens (tertiary/aromatic N) is 1. The van der Waals surface area contributed by atoms with Gasteiger partial charge in [-0.15, -0.1) is 0 Å². The molecule has 8 heteroatoms. The molecule has 0 aliphatic heterocycles. The Morgan fingerprint density at radius 1 is 1.50 bits per heavy atom. The van der Waals surface area contributed by atoms with Crippen LogP contribution in [0.25, 0.3) is 0 Å². The average Bonchev–Trinajstić information content (AvgIpc) is 2.37. The summed E-state index contributed by atoms with van der Waals surface area (Å²) in [5.41, 5.74) is -0.268. The number of hydrogen-bond acceptors (Lipinski definition) is 4. The van der Waals surface area contributed by atoms with Crippen molar-refractivity contribution in [3.05, 3.63) is 29.6 Å². The van der Waals surface area contributed by atoms with Gasteiger partial charge in [0, 0.05) is 18.8 Å². The van der Waals surface area contributed by atoms with Gasteiger partial charge in [0.2, 0.25) is 10.0 Å². The standard InChI is InChI=1S/C12H16FNO4S2/c1-8(7-19-3)14(2)20(17,18)11-6-9(12(15)16)4-5-10(11)13/h4-6,8H,7H2,1-3H3,(H,15,16). The predicted molar refractivity (Wildman–Crippen MR) is 76.2 cm³/mol. The van der Waals surface area contributed by atoms with E-state index in [1.165, 1.54) is 18.8 Å². The molecular weight excluding hydrogens is 305 g/mol. The second-order valence-electron chi connectivity index (χ2n) is 4.28. The third-order valence-corrected chi connectivity index (χ3v) is 5.67. The van der Waals surface area contributed by atoms with Crippen molar-refractivity contribution in [3.8, 4) is 0 Å². The van der Waals surface area contributed by atoms with Gasteiger partial charge in [-0.05, 0) is 31.4 Å². The molecule has 0 aromatic heterocycles. The van der Waals surface area contributed by atoms with Gasteiger partial charge >= 0.3 is 5.97 Å². The van der Waals surface area contributed by atoms with Crippen LogP contribution in [0.2, 0.25) is 0 Å². The summed E-state index contributed by atoms with van der Waals surface area (Å²) in [5, 5.41) is 8.86. The maximum Gasteiger partial charge on any atom is 0.335 e. The monoisotopic (exact) mass is 321 g/mol. The molecule has 112 valence electrons. The SMILES string of the molecule is CSCC(C)N(C)S(=O)(=O)c1cc(C(=O)O)ccc1F. The van der Waals surface area contributed by atoms with Crippen molar-refractivity contribution >= 4 is 27.8 Å². The van der Waals surface area contributed by atoms with Gasteiger partial charge in [-0.1, -0.05) is 0 Å². The minimum atomic E-state index is -4.07. The maximum absolute atomic E-state index is 13.7. The van der Waals surface area contributed by atoms with Gasteiger partial charge < -0.3 is 5.11 Å². The Hall–Kier alpha value is -1.12. The summed E-state index contributed by atoms with van der Waals surface area (Å²) < 4.78 is 39.4. The molecule has 1 aromatic carbocycles. The van der Waals surface area contributed by atoms with Crippen molar-refractivity contribution in [2.75, 3.05) is 19.1 Å². The Morgan fingerprint density at radius 3 is 2.60 bits per heavy atom. The van der Waals surface area contributed by atoms with Gasteiger partial charge in [0.1, 0.15) is 10.7 Å². The van der Waals surface area contributed by atoms with Gasteiger partial charge in [0.15, 0.2) is 0 Å². The molecule has 1 aromatic rings. The third kappa shape index (κ3) is 3.50. The smallest absolute Gasteiger partial charge is 0.335 e. The van der Waals surface area contributed by atoms with Crippen LogP contribution in [0, 0.1) is 5.82 Å². The highest BCUT2D eigenvalue weighted by Crippen LogP contribution is 2.22. The molecule has 1 rings (SSSR count). The summed E-state index contributed by atoms with van der Waals surface area (Å²) in [6.45, 7) is 1.70. The minimum absolute atomic E-state index is 0.268. The molecule has 0 aliphatic rings. The van der Waals surface area contributed by atoms with Gasteiger partial charge in [-0.3, -0.25) is 0 Å². The summed E-state index contributed by atoms with van der Waals surface area (Å²) in [6, 6.07) is 2.39. The molecule has 0 radical (unpaired) electrons. The van der Waals surface area contributed by atoms with Crippen molar-refractivity contribution in [2.45, 2.75) is 17.9 Å². The summed E-state index contributed by atoms with van der Waals surface area (Å²) >= 11 is 1.47. The highest BCUT2D eigenvalue weighted by Gasteiger charge is 2.28. The number of aromatic carboxylic acids is 1. The van der Waals surface area contributed by atoms with E-state index in [-0.39, 0.29) is 11.6 Å². The lowest BCUT2D eigenvalue weighted by Crippen LogP contribution is -2.37. The molecular formula is C12H16FNO4S2. The number of carboxylic acid groups (broad SMARTS) is 1. The van der Waals surface area contributed by atoms with E-state index in [1.807, 2.05) is 6.26 Å². The number of benzene rings is 1. The Labute approximate surface area is 121 Å². The number of thioether (sulfide) groups is 1. The molecule has 0 bridgehead atoms. The lowest BCUT2D eigenvalue weighted by atomic mass is 10.2. The second-order valence-corrected chi connectivity index (χ2v) is 7.15. The van der Waals surface area contributed by atoms with Crippen LogP contribution in [0.1, 0.15) is 17.3 Å². The quantitative estimate of drug-likeness (QED) is 0.866. The van der Waals surface area contributed by atoms with E-state index in [9.17, 15) is 17.6 Å². The van der Waals surface area contributed by atoms with E-state index >= 15 is 0 Å². The number of sulfonamides is 1. The molecule has 1 N–H and O–H groups in total. The molecule has 0 aliphatic carbocycles. The van der Waals surface area contributed by atoms with E-state index in [2.05, 4.69) is 0 Å². The normalized spacial score (nSPS) is 13.4. The van der Waals surface area contributed by atoms with Crippen LogP contribution in [-0.2, 0) is 10.0 Å². The van der Waals surface area contributed by atoms with Crippen molar-refractivity contribution in [3.63, 3.8) is 0 Å². The Balaban J connectivity index is 3.27. The van der Waals surface area contributed by atoms with Crippen LogP contribution in [0.3, 0.4) is 0 Å². The zero-order chi connectivity index (χ0) is 15.5. The van der Waals surface area contributed by atoms with Crippen LogP contribution in [0.15, 0.2) is 23.1 Å². The number of hydrogen-bond donors (Lipinski definition) is 1. The van der Waals surface area contributed by atoms with Crippen molar-refractivity contribution in [1.29, 1.82) is 0 Å². The second kappa shape index (κ2) is 6.55. The first kappa shape index (κ1) is 16.9. The Kier molecular flexibility index (Phi) is 5.55. The molecule has 0 amide bonds. The zero-order valence-corrected chi connectivity index (χ0v) is 13.0. The highest BCUT2D eigenvalue weighted by molar-refractivity contribution is 7.98. The molecule has 1 unspecified atom stereocenters. The Bertz CT molecular complexity index is 603. The summed E-state index contributed by atoms with van der Waals surface area (Å²) in [5.74, 6) is -1.71. The summed E-state index contributed by atoms with van der Waals surface area (Å²) in [7, 11) is -2.72. The minimum Gasteiger partial charge on any atom is -0.478 e. The maximum atomic E-state index is 13.7. The van der Waals surface area contributed by atoms with Gasteiger partial charge in [-0.2, -0.15) is 16.1 Å². The van der Waals surface area contributed by atoms with Crippen molar-refractivity contribution in [2.24, 2.45) is 0 Å². The first-order chi connectivity index (χ1) is 9.21. The van der Waals surface area contributed by atoms with E-state index < -0.39 is 26.7 Å². The molecule has 0 saturated carbocycles. The first-order valence-corrected chi connectivity index (χ1v) is 8.55. The highest BCUT2D eigenvalue weighted by atomic mass is 32.2. The lowest BCUT2D eigenvalue weighted by Gasteiger charge is -2.24. The van der Waals surface area contributed by atoms with E-state index in [4.69, 9.17) is 5.11 Å². The fourth-order valence-electron chi connectivity index (χ4n) is 1.57. The van der Waals surface area contributed by atoms with Crippen LogP contribution in [0.5, 0.6) is 0 Å². The fraction of sp³-hybridized carbons (Fsp3) is 0.417. The molecule has 0 heterocycles. The van der Waals surface area contributed by atoms with Gasteiger partial charge in [0.05, 0.1) is 5.56 Å². The lowest BCUT2D eigenvalue weighted by molar-refractivity contribution is 0.0696. The molecule has 5 nitrogen and oxygen atoms in total. The van der Waals surface area contributed by atoms with Crippen LogP contribution < -0.4 is 0 Å². The molecule has 0 spiro atoms. The van der Waals surface area contributed by atoms with E-state index in [0.717, 1.165) is 22.5 Å². The summed E-state index contributed by atoms with van der Waals surface area (Å²) in [4.78, 5) is 10.2. The first-order valence-electron chi connectivity index (χ1n) is 5.71. The van der Waals surface area contributed by atoms with Crippen LogP contribution in [-0.4, -0.2) is 48.9 Å². The Morgan fingerprint density at radius 2 is 2.10 bits per heavy atom. The topological polar surface area (TPSA) is 74.7 Å². The largest absolute Gasteiger partial charge is 0.478 e. The number of carbonyl (C=O) groups is 1. The van der Waals surface area contributed by atoms with Crippen molar-refractivity contribution < 1.29 is 22.7 Å². The van der Waals surface area contributed by atoms with Gasteiger partial charge in [-0.25, -0.2) is 17.6 Å². The zero-order valence-electron chi connectivity index (χ0n) is 11.3. The number of halogens is 1. The van der Waals surface area contributed by atoms with Crippen LogP contribution >= 0.6 is 11.8 Å². The average molecular weight is 321 g/mol. The molecule has 0 saturated heterocycles. The predicted octanol–water partition coefficient (Wildman–Crippen LogP) is 1.90. The molecule has 20 heavy (non-hydrogen) atoms. The number of carboxylic acids is 1.